The first-order valence-electron chi connectivity index (χ1n) is 13.7. The lowest BCUT2D eigenvalue weighted by atomic mass is 9.86. The van der Waals surface area contributed by atoms with E-state index in [1.54, 1.807) is 18.5 Å². The van der Waals surface area contributed by atoms with E-state index in [1.807, 2.05) is 0 Å². The number of aromatic nitrogens is 4. The molecule has 42 heavy (non-hydrogen) atoms. The second-order valence-corrected chi connectivity index (χ2v) is 10.5. The Bertz CT molecular complexity index is 1410. The number of nitrogens with one attached hydrogen (secondary N) is 4. The van der Waals surface area contributed by atoms with E-state index in [0.717, 1.165) is 25.7 Å². The Morgan fingerprint density at radius 1 is 0.857 bits per heavy atom. The molecule has 2 saturated carbocycles. The Balaban J connectivity index is 1.53. The SMILES string of the molecule is C#Cc1c(C2CC2)c(C(=O)N[C@@H](Cc2cnc[nH]2)C(=O)OC)cc(C(=O)N[C@H](Cc2cnc[nH]2)C(=O)OC)c1C1CC1. The molecular formula is C30H32N6O6. The van der Waals surface area contributed by atoms with Gasteiger partial charge in [-0.05, 0) is 54.7 Å². The highest BCUT2D eigenvalue weighted by molar-refractivity contribution is 6.05. The van der Waals surface area contributed by atoms with Crippen LogP contribution in [0.3, 0.4) is 0 Å². The first-order chi connectivity index (χ1) is 20.3. The van der Waals surface area contributed by atoms with Gasteiger partial charge in [-0.2, -0.15) is 0 Å². The first-order valence-corrected chi connectivity index (χ1v) is 13.7. The fourth-order valence-corrected chi connectivity index (χ4v) is 5.21. The highest BCUT2D eigenvalue weighted by atomic mass is 16.5. The number of H-pyrrole nitrogens is 2. The number of carbonyl (C=O) groups excluding carboxylic acids is 4. The van der Waals surface area contributed by atoms with Crippen molar-refractivity contribution in [2.45, 2.75) is 62.4 Å². The number of aromatic amines is 2. The second kappa shape index (κ2) is 12.3. The van der Waals surface area contributed by atoms with Gasteiger partial charge >= 0.3 is 11.9 Å². The Kier molecular flexibility index (Phi) is 8.38. The summed E-state index contributed by atoms with van der Waals surface area (Å²) in [5.74, 6) is 0.545. The first kappa shape index (κ1) is 28.6. The molecule has 2 heterocycles. The van der Waals surface area contributed by atoms with Crippen LogP contribution in [0, 0.1) is 12.3 Å². The lowest BCUT2D eigenvalue weighted by Gasteiger charge is -2.22. The van der Waals surface area contributed by atoms with Crippen LogP contribution in [-0.2, 0) is 31.9 Å². The number of benzene rings is 1. The summed E-state index contributed by atoms with van der Waals surface area (Å²) in [5, 5.41) is 5.56. The number of nitrogens with zero attached hydrogens (tertiary/aromatic N) is 2. The molecule has 0 saturated heterocycles. The van der Waals surface area contributed by atoms with E-state index in [2.05, 4.69) is 36.5 Å². The zero-order valence-corrected chi connectivity index (χ0v) is 23.4. The topological polar surface area (TPSA) is 168 Å². The van der Waals surface area contributed by atoms with E-state index in [0.29, 0.717) is 28.1 Å². The highest BCUT2D eigenvalue weighted by Gasteiger charge is 2.39. The number of carbonyl (C=O) groups is 4. The number of hydrogen-bond acceptors (Lipinski definition) is 8. The van der Waals surface area contributed by atoms with Crippen molar-refractivity contribution >= 4 is 23.8 Å². The number of hydrogen-bond donors (Lipinski definition) is 4. The third-order valence-electron chi connectivity index (χ3n) is 7.55. The minimum Gasteiger partial charge on any atom is -0.467 e. The van der Waals surface area contributed by atoms with Gasteiger partial charge in [0.2, 0.25) is 0 Å². The molecule has 4 N–H and O–H groups in total. The van der Waals surface area contributed by atoms with Gasteiger partial charge in [-0.1, -0.05) is 5.92 Å². The van der Waals surface area contributed by atoms with Crippen LogP contribution in [0.2, 0.25) is 0 Å². The van der Waals surface area contributed by atoms with Gasteiger partial charge < -0.3 is 30.1 Å². The number of amides is 2. The molecule has 1 aromatic carbocycles. The third-order valence-corrected chi connectivity index (χ3v) is 7.55. The van der Waals surface area contributed by atoms with Crippen LogP contribution < -0.4 is 10.6 Å². The van der Waals surface area contributed by atoms with Crippen molar-refractivity contribution in [1.29, 1.82) is 0 Å². The van der Waals surface area contributed by atoms with Crippen LogP contribution in [0.5, 0.6) is 0 Å². The van der Waals surface area contributed by atoms with E-state index >= 15 is 0 Å². The summed E-state index contributed by atoms with van der Waals surface area (Å²) in [6.07, 6.45) is 15.8. The summed E-state index contributed by atoms with van der Waals surface area (Å²) in [7, 11) is 2.49. The van der Waals surface area contributed by atoms with Crippen molar-refractivity contribution in [3.05, 3.63) is 70.3 Å². The molecule has 2 aromatic heterocycles. The van der Waals surface area contributed by atoms with Gasteiger partial charge in [-0.15, -0.1) is 6.42 Å². The molecule has 0 unspecified atom stereocenters. The standard InChI is InChI=1S/C30H32N6O6/c1-4-20-25(16-5-6-16)21(27(37)35-23(29(39)41-2)9-18-12-31-14-33-18)11-22(26(20)17-7-8-17)28(38)36-24(30(40)42-3)10-19-13-32-15-34-19/h1,11-17,23-24H,5-10H2,2-3H3,(H,31,33)(H,32,34)(H,35,37)(H,36,38)/t23-,24+. The maximum absolute atomic E-state index is 13.9. The van der Waals surface area contributed by atoms with E-state index in [-0.39, 0.29) is 35.8 Å². The van der Waals surface area contributed by atoms with Gasteiger partial charge in [-0.25, -0.2) is 19.6 Å². The molecule has 2 aliphatic carbocycles. The van der Waals surface area contributed by atoms with Crippen molar-refractivity contribution in [2.75, 3.05) is 14.2 Å². The van der Waals surface area contributed by atoms with Crippen LogP contribution in [-0.4, -0.2) is 70.0 Å². The minimum atomic E-state index is -1.01. The van der Waals surface area contributed by atoms with Gasteiger partial charge in [0, 0.05) is 53.3 Å². The van der Waals surface area contributed by atoms with Crippen LogP contribution in [0.15, 0.2) is 31.1 Å². The van der Waals surface area contributed by atoms with E-state index in [1.165, 1.54) is 26.9 Å². The molecular weight excluding hydrogens is 540 g/mol. The predicted octanol–water partition coefficient (Wildman–Crippen LogP) is 1.90. The molecule has 12 nitrogen and oxygen atoms in total. The quantitative estimate of drug-likeness (QED) is 0.188. The van der Waals surface area contributed by atoms with Gasteiger partial charge in [0.1, 0.15) is 12.1 Å². The summed E-state index contributed by atoms with van der Waals surface area (Å²) in [6.45, 7) is 0. The average molecular weight is 573 g/mol. The number of esters is 2. The van der Waals surface area contributed by atoms with Gasteiger partial charge in [0.05, 0.1) is 26.9 Å². The summed E-state index contributed by atoms with van der Waals surface area (Å²) in [5.41, 5.74) is 3.66. The largest absolute Gasteiger partial charge is 0.467 e. The van der Waals surface area contributed by atoms with Crippen molar-refractivity contribution < 1.29 is 28.7 Å². The van der Waals surface area contributed by atoms with Crippen LogP contribution in [0.4, 0.5) is 0 Å². The summed E-state index contributed by atoms with van der Waals surface area (Å²) >= 11 is 0. The van der Waals surface area contributed by atoms with Gasteiger partial charge in [-0.3, -0.25) is 9.59 Å². The molecule has 0 aliphatic heterocycles. The van der Waals surface area contributed by atoms with Crippen molar-refractivity contribution in [2.24, 2.45) is 0 Å². The van der Waals surface area contributed by atoms with Crippen LogP contribution >= 0.6 is 0 Å². The predicted molar refractivity (Wildman–Crippen MR) is 149 cm³/mol. The zero-order valence-electron chi connectivity index (χ0n) is 23.4. The van der Waals surface area contributed by atoms with Crippen molar-refractivity contribution in [1.82, 2.24) is 30.6 Å². The molecule has 2 atom stereocenters. The lowest BCUT2D eigenvalue weighted by Crippen LogP contribution is -2.44. The molecule has 2 aliphatic rings. The monoisotopic (exact) mass is 572 g/mol. The van der Waals surface area contributed by atoms with Gasteiger partial charge in [0.15, 0.2) is 0 Å². The van der Waals surface area contributed by atoms with Crippen molar-refractivity contribution in [3.63, 3.8) is 0 Å². The normalized spacial score (nSPS) is 15.6. The number of ether oxygens (including phenoxy) is 2. The molecule has 5 rings (SSSR count). The molecule has 2 amide bonds. The Morgan fingerprint density at radius 2 is 1.29 bits per heavy atom. The average Bonchev–Trinajstić information content (AvgIpc) is 3.92. The van der Waals surface area contributed by atoms with Crippen molar-refractivity contribution in [3.8, 4) is 12.3 Å². The smallest absolute Gasteiger partial charge is 0.328 e. The second-order valence-electron chi connectivity index (χ2n) is 10.5. The minimum absolute atomic E-state index is 0.0683. The fraction of sp³-hybridized carbons (Fsp3) is 0.400. The number of terminal acetylenes is 1. The van der Waals surface area contributed by atoms with E-state index in [9.17, 15) is 19.2 Å². The summed E-state index contributed by atoms with van der Waals surface area (Å²) in [4.78, 5) is 66.7. The zero-order chi connectivity index (χ0) is 29.8. The Labute approximate surface area is 242 Å². The van der Waals surface area contributed by atoms with Gasteiger partial charge in [0.25, 0.3) is 11.8 Å². The number of methoxy groups -OCH3 is 2. The Hall–Kier alpha value is -4.92. The van der Waals surface area contributed by atoms with E-state index in [4.69, 9.17) is 15.9 Å². The molecule has 0 spiro atoms. The van der Waals surface area contributed by atoms with Crippen LogP contribution in [0.25, 0.3) is 0 Å². The van der Waals surface area contributed by atoms with E-state index < -0.39 is 35.8 Å². The maximum atomic E-state index is 13.9. The Morgan fingerprint density at radius 3 is 1.60 bits per heavy atom. The molecule has 218 valence electrons. The summed E-state index contributed by atoms with van der Waals surface area (Å²) < 4.78 is 9.88. The third kappa shape index (κ3) is 6.20. The molecule has 3 aromatic rings. The van der Waals surface area contributed by atoms with Crippen LogP contribution in [0.1, 0.15) is 86.3 Å². The molecule has 12 heteroatoms. The summed E-state index contributed by atoms with van der Waals surface area (Å²) in [6, 6.07) is -0.479. The number of imidazole rings is 2. The lowest BCUT2D eigenvalue weighted by molar-refractivity contribution is -0.143. The molecule has 2 fully saturated rings. The number of rotatable bonds is 12. The maximum Gasteiger partial charge on any atom is 0.328 e. The fourth-order valence-electron chi connectivity index (χ4n) is 5.21. The molecule has 0 bridgehead atoms. The molecule has 0 radical (unpaired) electrons. The highest BCUT2D eigenvalue weighted by Crippen LogP contribution is 2.50.